The summed E-state index contributed by atoms with van der Waals surface area (Å²) in [6.07, 6.45) is 2.31. The second-order valence-electron chi connectivity index (χ2n) is 13.4. The fourth-order valence-electron chi connectivity index (χ4n) is 6.16. The molecule has 2 nitrogen and oxygen atoms in total. The van der Waals surface area contributed by atoms with E-state index in [0.717, 1.165) is 22.6 Å². The minimum Gasteiger partial charge on any atom is -0.298 e. The first kappa shape index (κ1) is 25.5. The van der Waals surface area contributed by atoms with E-state index in [-0.39, 0.29) is 10.8 Å². The fraction of sp³-hybridized carbons (Fsp3) is 0.205. The maximum atomic E-state index is 5.32. The molecule has 0 aliphatic rings. The number of aromatic nitrogens is 2. The van der Waals surface area contributed by atoms with Crippen molar-refractivity contribution < 1.29 is 0 Å². The van der Waals surface area contributed by atoms with Crippen LogP contribution >= 0.6 is 0 Å². The highest BCUT2D eigenvalue weighted by Crippen LogP contribution is 2.40. The lowest BCUT2D eigenvalue weighted by molar-refractivity contribution is 0.590. The Morgan fingerprint density at radius 1 is 0.488 bits per heavy atom. The van der Waals surface area contributed by atoms with Crippen LogP contribution in [-0.4, -0.2) is 9.38 Å². The zero-order chi connectivity index (χ0) is 28.5. The lowest BCUT2D eigenvalue weighted by atomic mass is 9.86. The number of rotatable bonds is 2. The zero-order valence-corrected chi connectivity index (χ0v) is 24.8. The van der Waals surface area contributed by atoms with E-state index >= 15 is 0 Å². The summed E-state index contributed by atoms with van der Waals surface area (Å²) in [5.74, 6) is 0. The number of hydrogen-bond acceptors (Lipinski definition) is 1. The lowest BCUT2D eigenvalue weighted by Gasteiger charge is -2.20. The Balaban J connectivity index is 1.56. The summed E-state index contributed by atoms with van der Waals surface area (Å²) in [6.45, 7) is 13.6. The van der Waals surface area contributed by atoms with E-state index in [1.165, 1.54) is 49.0 Å². The third-order valence-electron chi connectivity index (χ3n) is 8.53. The SMILES string of the molecule is CC(C)(C)c1ccc(-c2nc3cc4c5ccccc5c5ccccc5c4cn3c2-c2ccc(C(C)(C)C)cc2)cc1. The third kappa shape index (κ3) is 4.21. The highest BCUT2D eigenvalue weighted by Gasteiger charge is 2.21. The smallest absolute Gasteiger partial charge is 0.138 e. The van der Waals surface area contributed by atoms with Gasteiger partial charge in [0.05, 0.1) is 11.4 Å². The molecule has 2 heteroatoms. The lowest BCUT2D eigenvalue weighted by Crippen LogP contribution is -2.10. The van der Waals surface area contributed by atoms with E-state index in [9.17, 15) is 0 Å². The van der Waals surface area contributed by atoms with Crippen LogP contribution in [0.25, 0.3) is 60.5 Å². The molecule has 7 rings (SSSR count). The average molecular weight is 533 g/mol. The highest BCUT2D eigenvalue weighted by molar-refractivity contribution is 6.25. The Hall–Kier alpha value is -4.43. The number of benzene rings is 5. The van der Waals surface area contributed by atoms with Gasteiger partial charge in [-0.1, -0.05) is 139 Å². The first-order valence-electron chi connectivity index (χ1n) is 14.6. The molecule has 0 saturated carbocycles. The molecule has 5 aromatic carbocycles. The molecule has 202 valence electrons. The Labute approximate surface area is 242 Å². The number of imidazole rings is 1. The van der Waals surface area contributed by atoms with Crippen LogP contribution in [0.15, 0.2) is 109 Å². The second-order valence-corrected chi connectivity index (χ2v) is 13.4. The predicted octanol–water partition coefficient (Wildman–Crippen LogP) is 10.7. The van der Waals surface area contributed by atoms with Gasteiger partial charge in [-0.05, 0) is 55.0 Å². The van der Waals surface area contributed by atoms with Crippen LogP contribution in [0.2, 0.25) is 0 Å². The average Bonchev–Trinajstić information content (AvgIpc) is 3.34. The van der Waals surface area contributed by atoms with Crippen molar-refractivity contribution in [2.75, 3.05) is 0 Å². The molecule has 0 N–H and O–H groups in total. The van der Waals surface area contributed by atoms with Crippen molar-refractivity contribution in [3.8, 4) is 22.5 Å². The van der Waals surface area contributed by atoms with Crippen molar-refractivity contribution >= 4 is 38.0 Å². The summed E-state index contributed by atoms with van der Waals surface area (Å²) < 4.78 is 2.31. The number of hydrogen-bond donors (Lipinski definition) is 0. The van der Waals surface area contributed by atoms with Gasteiger partial charge in [-0.3, -0.25) is 4.40 Å². The van der Waals surface area contributed by atoms with Gasteiger partial charge in [-0.15, -0.1) is 0 Å². The van der Waals surface area contributed by atoms with Crippen molar-refractivity contribution in [1.29, 1.82) is 0 Å². The van der Waals surface area contributed by atoms with Crippen molar-refractivity contribution in [2.24, 2.45) is 0 Å². The summed E-state index contributed by atoms with van der Waals surface area (Å²) in [7, 11) is 0. The van der Waals surface area contributed by atoms with E-state index < -0.39 is 0 Å². The van der Waals surface area contributed by atoms with Gasteiger partial charge in [0.2, 0.25) is 0 Å². The first-order chi connectivity index (χ1) is 19.6. The first-order valence-corrected chi connectivity index (χ1v) is 14.6. The Kier molecular flexibility index (Phi) is 5.63. The molecule has 41 heavy (non-hydrogen) atoms. The van der Waals surface area contributed by atoms with Crippen LogP contribution in [0.4, 0.5) is 0 Å². The van der Waals surface area contributed by atoms with Crippen LogP contribution in [-0.2, 0) is 10.8 Å². The van der Waals surface area contributed by atoms with Gasteiger partial charge in [-0.2, -0.15) is 0 Å². The van der Waals surface area contributed by atoms with E-state index in [0.29, 0.717) is 0 Å². The molecule has 0 aliphatic heterocycles. The van der Waals surface area contributed by atoms with E-state index in [4.69, 9.17) is 4.98 Å². The molecule has 0 bridgehead atoms. The van der Waals surface area contributed by atoms with Gasteiger partial charge in [0.25, 0.3) is 0 Å². The monoisotopic (exact) mass is 532 g/mol. The van der Waals surface area contributed by atoms with Gasteiger partial charge in [-0.25, -0.2) is 4.98 Å². The normalized spacial score (nSPS) is 12.6. The van der Waals surface area contributed by atoms with Crippen LogP contribution in [0, 0.1) is 0 Å². The summed E-state index contributed by atoms with van der Waals surface area (Å²) in [6, 6.07) is 37.8. The molecule has 0 fully saturated rings. The molecular formula is C39H36N2. The molecule has 2 aromatic heterocycles. The maximum absolute atomic E-state index is 5.32. The molecule has 0 aliphatic carbocycles. The molecule has 0 radical (unpaired) electrons. The number of fused-ring (bicyclic) bond motifs is 7. The molecule has 0 atom stereocenters. The van der Waals surface area contributed by atoms with Crippen molar-refractivity contribution in [1.82, 2.24) is 9.38 Å². The minimum absolute atomic E-state index is 0.0970. The van der Waals surface area contributed by atoms with Crippen molar-refractivity contribution in [3.63, 3.8) is 0 Å². The summed E-state index contributed by atoms with van der Waals surface area (Å²) in [5, 5.41) is 7.57. The van der Waals surface area contributed by atoms with Crippen LogP contribution in [0.1, 0.15) is 52.7 Å². The fourth-order valence-corrected chi connectivity index (χ4v) is 6.16. The highest BCUT2D eigenvalue weighted by atomic mass is 15.0. The Morgan fingerprint density at radius 2 is 0.927 bits per heavy atom. The van der Waals surface area contributed by atoms with Gasteiger partial charge in [0, 0.05) is 22.7 Å². The molecular weight excluding hydrogens is 496 g/mol. The van der Waals surface area contributed by atoms with Gasteiger partial charge in [0.1, 0.15) is 5.65 Å². The second kappa shape index (κ2) is 9.04. The quantitative estimate of drug-likeness (QED) is 0.202. The van der Waals surface area contributed by atoms with Gasteiger partial charge >= 0.3 is 0 Å². The summed E-state index contributed by atoms with van der Waals surface area (Å²) >= 11 is 0. The topological polar surface area (TPSA) is 17.3 Å². The molecule has 0 saturated heterocycles. The van der Waals surface area contributed by atoms with Crippen molar-refractivity contribution in [3.05, 3.63) is 120 Å². The molecule has 0 spiro atoms. The van der Waals surface area contributed by atoms with Crippen LogP contribution in [0.5, 0.6) is 0 Å². The van der Waals surface area contributed by atoms with E-state index in [1.807, 2.05) is 0 Å². The standard InChI is InChI=1S/C39H36N2/c1-38(2,3)27-19-15-25(16-20-27)36-37(26-17-21-28(22-18-26)39(4,5)6)41-24-34-32-14-10-8-12-30(32)29-11-7-9-13-31(29)33(34)23-35(41)40-36/h7-24H,1-6H3. The van der Waals surface area contributed by atoms with E-state index in [2.05, 4.69) is 155 Å². The van der Waals surface area contributed by atoms with Crippen LogP contribution < -0.4 is 0 Å². The predicted molar refractivity (Wildman–Crippen MR) is 176 cm³/mol. The summed E-state index contributed by atoms with van der Waals surface area (Å²) in [4.78, 5) is 5.32. The largest absolute Gasteiger partial charge is 0.298 e. The zero-order valence-electron chi connectivity index (χ0n) is 24.8. The summed E-state index contributed by atoms with van der Waals surface area (Å²) in [5.41, 5.74) is 8.26. The molecule has 2 heterocycles. The maximum Gasteiger partial charge on any atom is 0.138 e. The molecule has 7 aromatic rings. The van der Waals surface area contributed by atoms with Crippen LogP contribution in [0.3, 0.4) is 0 Å². The Bertz CT molecular complexity index is 2080. The Morgan fingerprint density at radius 3 is 1.41 bits per heavy atom. The van der Waals surface area contributed by atoms with Gasteiger partial charge in [0.15, 0.2) is 0 Å². The number of pyridine rings is 1. The molecule has 0 unspecified atom stereocenters. The number of nitrogens with zero attached hydrogens (tertiary/aromatic N) is 2. The van der Waals surface area contributed by atoms with Crippen molar-refractivity contribution in [2.45, 2.75) is 52.4 Å². The third-order valence-corrected chi connectivity index (χ3v) is 8.53. The van der Waals surface area contributed by atoms with E-state index in [1.54, 1.807) is 0 Å². The van der Waals surface area contributed by atoms with Gasteiger partial charge < -0.3 is 0 Å². The minimum atomic E-state index is 0.0970. The molecule has 0 amide bonds.